The predicted molar refractivity (Wildman–Crippen MR) is 73.5 cm³/mol. The molecule has 2 fully saturated rings. The third-order valence-electron chi connectivity index (χ3n) is 5.20. The van der Waals surface area contributed by atoms with Gasteiger partial charge in [-0.2, -0.15) is 0 Å². The largest absolute Gasteiger partial charge is 0.375 e. The lowest BCUT2D eigenvalue weighted by Crippen LogP contribution is -2.47. The summed E-state index contributed by atoms with van der Waals surface area (Å²) >= 11 is 0. The van der Waals surface area contributed by atoms with E-state index < -0.39 is 0 Å². The monoisotopic (exact) mass is 252 g/mol. The molecule has 2 rings (SSSR count). The normalized spacial score (nSPS) is 28.8. The number of ketones is 1. The fourth-order valence-electron chi connectivity index (χ4n) is 3.00. The molecule has 18 heavy (non-hydrogen) atoms. The first-order chi connectivity index (χ1) is 8.32. The van der Waals surface area contributed by atoms with Crippen molar-refractivity contribution in [3.63, 3.8) is 0 Å². The standard InChI is InChI=1S/C16H28O2/c1-12(15(2,3)4)10-14(17)13-6-9-18-16(11-13)7-5-8-16/h12-13H,5-11H2,1-4H3. The molecule has 1 saturated heterocycles. The zero-order valence-electron chi connectivity index (χ0n) is 12.4. The van der Waals surface area contributed by atoms with Crippen molar-refractivity contribution in [3.05, 3.63) is 0 Å². The second kappa shape index (κ2) is 4.96. The second-order valence-electron chi connectivity index (χ2n) is 7.51. The zero-order valence-corrected chi connectivity index (χ0v) is 12.4. The van der Waals surface area contributed by atoms with Crippen molar-refractivity contribution in [2.24, 2.45) is 17.3 Å². The molecule has 0 aromatic heterocycles. The van der Waals surface area contributed by atoms with Crippen LogP contribution < -0.4 is 0 Å². The van der Waals surface area contributed by atoms with Crippen LogP contribution in [0.1, 0.15) is 66.2 Å². The van der Waals surface area contributed by atoms with E-state index in [4.69, 9.17) is 4.74 Å². The SMILES string of the molecule is CC(CC(=O)C1CCOC2(CCC2)C1)C(C)(C)C. The smallest absolute Gasteiger partial charge is 0.136 e. The Morgan fingerprint density at radius 3 is 2.56 bits per heavy atom. The molecule has 2 aliphatic rings. The number of hydrogen-bond donors (Lipinski definition) is 0. The summed E-state index contributed by atoms with van der Waals surface area (Å²) in [6.07, 6.45) is 6.29. The maximum absolute atomic E-state index is 12.4. The first-order valence-corrected chi connectivity index (χ1v) is 7.49. The minimum Gasteiger partial charge on any atom is -0.375 e. The number of carbonyl (C=O) groups is 1. The van der Waals surface area contributed by atoms with Gasteiger partial charge in [0, 0.05) is 18.9 Å². The van der Waals surface area contributed by atoms with Crippen molar-refractivity contribution >= 4 is 5.78 Å². The summed E-state index contributed by atoms with van der Waals surface area (Å²) in [5.74, 6) is 1.21. The Bertz CT molecular complexity index is 310. The summed E-state index contributed by atoms with van der Waals surface area (Å²) < 4.78 is 5.90. The molecule has 2 unspecified atom stereocenters. The number of carbonyl (C=O) groups excluding carboxylic acids is 1. The Hall–Kier alpha value is -0.370. The fourth-order valence-corrected chi connectivity index (χ4v) is 3.00. The number of Topliss-reactive ketones (excluding diaryl/α,β-unsaturated/α-hetero) is 1. The van der Waals surface area contributed by atoms with Crippen molar-refractivity contribution in [3.8, 4) is 0 Å². The van der Waals surface area contributed by atoms with E-state index in [0.717, 1.165) is 25.9 Å². The minimum atomic E-state index is 0.101. The summed E-state index contributed by atoms with van der Waals surface area (Å²) in [7, 11) is 0. The van der Waals surface area contributed by atoms with Gasteiger partial charge in [-0.1, -0.05) is 27.7 Å². The highest BCUT2D eigenvalue weighted by Crippen LogP contribution is 2.45. The summed E-state index contributed by atoms with van der Waals surface area (Å²) in [6, 6.07) is 0. The highest BCUT2D eigenvalue weighted by Gasteiger charge is 2.44. The Balaban J connectivity index is 1.89. The Kier molecular flexibility index (Phi) is 3.87. The first-order valence-electron chi connectivity index (χ1n) is 7.49. The molecule has 2 heteroatoms. The lowest BCUT2D eigenvalue weighted by Gasteiger charge is -2.47. The number of hydrogen-bond acceptors (Lipinski definition) is 2. The third kappa shape index (κ3) is 2.96. The van der Waals surface area contributed by atoms with Crippen molar-refractivity contribution in [1.82, 2.24) is 0 Å². The van der Waals surface area contributed by atoms with Crippen LogP contribution in [-0.4, -0.2) is 18.0 Å². The molecule has 2 atom stereocenters. The third-order valence-corrected chi connectivity index (χ3v) is 5.20. The van der Waals surface area contributed by atoms with Gasteiger partial charge in [-0.25, -0.2) is 0 Å². The predicted octanol–water partition coefficient (Wildman–Crippen LogP) is 3.98. The van der Waals surface area contributed by atoms with E-state index >= 15 is 0 Å². The Morgan fingerprint density at radius 1 is 1.39 bits per heavy atom. The van der Waals surface area contributed by atoms with E-state index in [1.165, 1.54) is 19.3 Å². The van der Waals surface area contributed by atoms with Gasteiger partial charge in [0.25, 0.3) is 0 Å². The first kappa shape index (κ1) is 14.0. The fraction of sp³-hybridized carbons (Fsp3) is 0.938. The van der Waals surface area contributed by atoms with Gasteiger partial charge in [-0.05, 0) is 43.4 Å². The molecule has 1 heterocycles. The van der Waals surface area contributed by atoms with Gasteiger partial charge in [0.2, 0.25) is 0 Å². The molecule has 0 radical (unpaired) electrons. The van der Waals surface area contributed by atoms with E-state index in [0.29, 0.717) is 11.7 Å². The molecular formula is C16H28O2. The van der Waals surface area contributed by atoms with Gasteiger partial charge in [-0.3, -0.25) is 4.79 Å². The molecule has 0 amide bonds. The quantitative estimate of drug-likeness (QED) is 0.759. The van der Waals surface area contributed by atoms with E-state index in [9.17, 15) is 4.79 Å². The molecule has 0 N–H and O–H groups in total. The topological polar surface area (TPSA) is 26.3 Å². The lowest BCUT2D eigenvalue weighted by molar-refractivity contribution is -0.156. The van der Waals surface area contributed by atoms with Crippen LogP contribution in [0.5, 0.6) is 0 Å². The zero-order chi connectivity index (χ0) is 13.4. The van der Waals surface area contributed by atoms with Gasteiger partial charge in [0.05, 0.1) is 5.60 Å². The molecule has 1 spiro atoms. The molecule has 1 aliphatic carbocycles. The van der Waals surface area contributed by atoms with Gasteiger partial charge < -0.3 is 4.74 Å². The van der Waals surface area contributed by atoms with Crippen molar-refractivity contribution in [2.45, 2.75) is 71.8 Å². The van der Waals surface area contributed by atoms with Crippen LogP contribution in [0.15, 0.2) is 0 Å². The maximum atomic E-state index is 12.4. The lowest BCUT2D eigenvalue weighted by atomic mass is 9.69. The average molecular weight is 252 g/mol. The van der Waals surface area contributed by atoms with Crippen LogP contribution >= 0.6 is 0 Å². The molecule has 0 aromatic carbocycles. The summed E-state index contributed by atoms with van der Waals surface area (Å²) in [4.78, 5) is 12.4. The summed E-state index contributed by atoms with van der Waals surface area (Å²) in [5, 5.41) is 0. The van der Waals surface area contributed by atoms with Crippen LogP contribution in [0, 0.1) is 17.3 Å². The summed E-state index contributed by atoms with van der Waals surface area (Å²) in [5.41, 5.74) is 0.332. The van der Waals surface area contributed by atoms with Crippen LogP contribution in [0.3, 0.4) is 0 Å². The van der Waals surface area contributed by atoms with Crippen LogP contribution in [0.4, 0.5) is 0 Å². The van der Waals surface area contributed by atoms with Crippen molar-refractivity contribution in [1.29, 1.82) is 0 Å². The summed E-state index contributed by atoms with van der Waals surface area (Å²) in [6.45, 7) is 9.67. The molecule has 1 saturated carbocycles. The van der Waals surface area contributed by atoms with E-state index in [1.54, 1.807) is 0 Å². The molecule has 1 aliphatic heterocycles. The van der Waals surface area contributed by atoms with E-state index in [-0.39, 0.29) is 16.9 Å². The Morgan fingerprint density at radius 2 is 2.06 bits per heavy atom. The molecule has 0 bridgehead atoms. The highest BCUT2D eigenvalue weighted by molar-refractivity contribution is 5.81. The van der Waals surface area contributed by atoms with Crippen molar-refractivity contribution < 1.29 is 9.53 Å². The molecule has 104 valence electrons. The molecule has 0 aromatic rings. The van der Waals surface area contributed by atoms with E-state index in [2.05, 4.69) is 27.7 Å². The average Bonchev–Trinajstić information content (AvgIpc) is 2.25. The van der Waals surface area contributed by atoms with E-state index in [1.807, 2.05) is 0 Å². The number of ether oxygens (including phenoxy) is 1. The van der Waals surface area contributed by atoms with Gasteiger partial charge >= 0.3 is 0 Å². The molecular weight excluding hydrogens is 224 g/mol. The van der Waals surface area contributed by atoms with Crippen LogP contribution in [0.25, 0.3) is 0 Å². The maximum Gasteiger partial charge on any atom is 0.136 e. The van der Waals surface area contributed by atoms with Crippen LogP contribution in [-0.2, 0) is 9.53 Å². The van der Waals surface area contributed by atoms with Crippen molar-refractivity contribution in [2.75, 3.05) is 6.61 Å². The molecule has 2 nitrogen and oxygen atoms in total. The minimum absolute atomic E-state index is 0.101. The van der Waals surface area contributed by atoms with Gasteiger partial charge in [0.15, 0.2) is 0 Å². The number of rotatable bonds is 3. The van der Waals surface area contributed by atoms with Gasteiger partial charge in [-0.15, -0.1) is 0 Å². The van der Waals surface area contributed by atoms with Crippen LogP contribution in [0.2, 0.25) is 0 Å². The van der Waals surface area contributed by atoms with Gasteiger partial charge in [0.1, 0.15) is 5.78 Å². The Labute approximate surface area is 111 Å². The second-order valence-corrected chi connectivity index (χ2v) is 7.51. The highest BCUT2D eigenvalue weighted by atomic mass is 16.5.